The van der Waals surface area contributed by atoms with Crippen molar-refractivity contribution < 1.29 is 23.9 Å². The first-order valence-corrected chi connectivity index (χ1v) is 11.0. The van der Waals surface area contributed by atoms with E-state index in [9.17, 15) is 14.4 Å². The number of aromatic nitrogens is 1. The predicted octanol–water partition coefficient (Wildman–Crippen LogP) is 4.37. The zero-order valence-electron chi connectivity index (χ0n) is 18.9. The van der Waals surface area contributed by atoms with Gasteiger partial charge in [0.15, 0.2) is 0 Å². The van der Waals surface area contributed by atoms with Gasteiger partial charge in [-0.3, -0.25) is 9.59 Å². The van der Waals surface area contributed by atoms with Crippen molar-refractivity contribution in [1.29, 1.82) is 0 Å². The molecule has 31 heavy (non-hydrogen) atoms. The Kier molecular flexibility index (Phi) is 7.95. The molecule has 0 bridgehead atoms. The maximum atomic E-state index is 12.7. The topological polar surface area (TPSA) is 94.6 Å². The number of hydrogen-bond acceptors (Lipinski definition) is 7. The third-order valence-corrected chi connectivity index (χ3v) is 4.70. The van der Waals surface area contributed by atoms with Crippen LogP contribution in [0.3, 0.4) is 0 Å². The molecule has 1 atom stereocenters. The minimum atomic E-state index is -0.974. The summed E-state index contributed by atoms with van der Waals surface area (Å²) in [6.07, 6.45) is 1.77. The lowest BCUT2D eigenvalue weighted by molar-refractivity contribution is -0.158. The van der Waals surface area contributed by atoms with Crippen LogP contribution in [-0.2, 0) is 19.1 Å². The minimum Gasteiger partial charge on any atom is -0.460 e. The Balaban J connectivity index is 2.08. The van der Waals surface area contributed by atoms with E-state index < -0.39 is 35.1 Å². The number of rotatable bonds is 7. The van der Waals surface area contributed by atoms with Crippen LogP contribution in [0.1, 0.15) is 64.7 Å². The van der Waals surface area contributed by atoms with E-state index in [0.717, 1.165) is 10.6 Å². The standard InChI is InChI=1S/C23H30N2O5S/c1-22(2,3)29-18(26)12-11-17(21(28)30-23(4,5)6)25-19(27)15-7-9-16(10-8-15)20-24-13-14-31-20/h7-10,13-14,17H,11-12H2,1-6H3,(H,25,27)/t17-/m0/s1. The van der Waals surface area contributed by atoms with Crippen molar-refractivity contribution in [2.75, 3.05) is 0 Å². The van der Waals surface area contributed by atoms with Crippen molar-refractivity contribution >= 4 is 29.2 Å². The molecule has 0 aliphatic heterocycles. The highest BCUT2D eigenvalue weighted by atomic mass is 32.1. The van der Waals surface area contributed by atoms with Gasteiger partial charge in [-0.15, -0.1) is 11.3 Å². The summed E-state index contributed by atoms with van der Waals surface area (Å²) < 4.78 is 10.7. The second kappa shape index (κ2) is 10.0. The average molecular weight is 447 g/mol. The minimum absolute atomic E-state index is 0.0234. The SMILES string of the molecule is CC(C)(C)OC(=O)CC[C@H](NC(=O)c1ccc(-c2nccs2)cc1)C(=O)OC(C)(C)C. The van der Waals surface area contributed by atoms with Crippen molar-refractivity contribution in [2.24, 2.45) is 0 Å². The van der Waals surface area contributed by atoms with Crippen molar-refractivity contribution in [2.45, 2.75) is 71.6 Å². The number of nitrogens with zero attached hydrogens (tertiary/aromatic N) is 1. The van der Waals surface area contributed by atoms with Crippen LogP contribution in [0.15, 0.2) is 35.8 Å². The molecule has 0 fully saturated rings. The van der Waals surface area contributed by atoms with E-state index in [-0.39, 0.29) is 12.8 Å². The summed E-state index contributed by atoms with van der Waals surface area (Å²) in [5.41, 5.74) is -0.0475. The zero-order chi connectivity index (χ0) is 23.2. The largest absolute Gasteiger partial charge is 0.460 e. The molecule has 1 amide bonds. The first-order chi connectivity index (χ1) is 14.3. The summed E-state index contributed by atoms with van der Waals surface area (Å²) in [6.45, 7) is 10.5. The molecule has 1 heterocycles. The van der Waals surface area contributed by atoms with Crippen molar-refractivity contribution in [3.05, 3.63) is 41.4 Å². The fourth-order valence-corrected chi connectivity index (χ4v) is 3.29. The van der Waals surface area contributed by atoms with Crippen LogP contribution in [0, 0.1) is 0 Å². The van der Waals surface area contributed by atoms with Crippen LogP contribution >= 0.6 is 11.3 Å². The van der Waals surface area contributed by atoms with E-state index in [1.54, 1.807) is 72.0 Å². The molecule has 0 saturated carbocycles. The fourth-order valence-electron chi connectivity index (χ4n) is 2.65. The molecule has 2 aromatic rings. The van der Waals surface area contributed by atoms with Gasteiger partial charge in [0.05, 0.1) is 0 Å². The Hall–Kier alpha value is -2.74. The molecule has 0 spiro atoms. The zero-order valence-corrected chi connectivity index (χ0v) is 19.7. The van der Waals surface area contributed by atoms with E-state index in [1.165, 1.54) is 11.3 Å². The quantitative estimate of drug-likeness (QED) is 0.635. The Labute approximate surface area is 187 Å². The number of esters is 2. The lowest BCUT2D eigenvalue weighted by atomic mass is 10.1. The molecule has 0 saturated heterocycles. The van der Waals surface area contributed by atoms with Gasteiger partial charge in [-0.2, -0.15) is 0 Å². The number of thiazole rings is 1. The fraction of sp³-hybridized carbons (Fsp3) is 0.478. The van der Waals surface area contributed by atoms with Crippen molar-refractivity contribution in [3.8, 4) is 10.6 Å². The van der Waals surface area contributed by atoms with Gasteiger partial charge in [0.1, 0.15) is 22.3 Å². The number of benzene rings is 1. The Bertz CT molecular complexity index is 894. The Morgan fingerprint density at radius 3 is 2.13 bits per heavy atom. The van der Waals surface area contributed by atoms with Gasteiger partial charge in [-0.1, -0.05) is 12.1 Å². The molecule has 2 rings (SSSR count). The third kappa shape index (κ3) is 8.49. The Morgan fingerprint density at radius 2 is 1.61 bits per heavy atom. The van der Waals surface area contributed by atoms with Gasteiger partial charge < -0.3 is 14.8 Å². The average Bonchev–Trinajstić information content (AvgIpc) is 3.17. The molecule has 0 aliphatic carbocycles. The normalized spacial score (nSPS) is 12.7. The Morgan fingerprint density at radius 1 is 1.00 bits per heavy atom. The van der Waals surface area contributed by atoms with Gasteiger partial charge >= 0.3 is 11.9 Å². The van der Waals surface area contributed by atoms with Gasteiger partial charge in [-0.25, -0.2) is 9.78 Å². The molecule has 1 N–H and O–H groups in total. The van der Waals surface area contributed by atoms with Gasteiger partial charge in [0.25, 0.3) is 5.91 Å². The predicted molar refractivity (Wildman–Crippen MR) is 120 cm³/mol. The monoisotopic (exact) mass is 446 g/mol. The number of hydrogen-bond donors (Lipinski definition) is 1. The molecule has 168 valence electrons. The molecule has 0 unspecified atom stereocenters. The molecule has 0 aliphatic rings. The van der Waals surface area contributed by atoms with Crippen LogP contribution in [0.25, 0.3) is 10.6 Å². The molecule has 7 nitrogen and oxygen atoms in total. The maximum absolute atomic E-state index is 12.7. The highest BCUT2D eigenvalue weighted by molar-refractivity contribution is 7.13. The number of amides is 1. The second-order valence-electron chi connectivity index (χ2n) is 9.10. The second-order valence-corrected chi connectivity index (χ2v) is 9.99. The van der Waals surface area contributed by atoms with E-state index in [0.29, 0.717) is 5.56 Å². The van der Waals surface area contributed by atoms with Crippen LogP contribution in [-0.4, -0.2) is 40.1 Å². The summed E-state index contributed by atoms with van der Waals surface area (Å²) in [7, 11) is 0. The highest BCUT2D eigenvalue weighted by Gasteiger charge is 2.28. The summed E-state index contributed by atoms with van der Waals surface area (Å²) in [5.74, 6) is -1.46. The highest BCUT2D eigenvalue weighted by Crippen LogP contribution is 2.22. The lowest BCUT2D eigenvalue weighted by Gasteiger charge is -2.25. The molecule has 1 aromatic heterocycles. The number of carbonyl (C=O) groups excluding carboxylic acids is 3. The molecule has 1 aromatic carbocycles. The first kappa shape index (κ1) is 24.5. The van der Waals surface area contributed by atoms with E-state index in [1.807, 2.05) is 5.38 Å². The van der Waals surface area contributed by atoms with Crippen LogP contribution < -0.4 is 5.32 Å². The lowest BCUT2D eigenvalue weighted by Crippen LogP contribution is -2.44. The van der Waals surface area contributed by atoms with E-state index in [2.05, 4.69) is 10.3 Å². The van der Waals surface area contributed by atoms with Crippen LogP contribution in [0.2, 0.25) is 0 Å². The van der Waals surface area contributed by atoms with Gasteiger partial charge in [-0.05, 0) is 60.1 Å². The summed E-state index contributed by atoms with van der Waals surface area (Å²) in [5, 5.41) is 5.43. The van der Waals surface area contributed by atoms with Crippen LogP contribution in [0.5, 0.6) is 0 Å². The van der Waals surface area contributed by atoms with E-state index >= 15 is 0 Å². The molecule has 0 radical (unpaired) electrons. The van der Waals surface area contributed by atoms with Gasteiger partial charge in [0.2, 0.25) is 0 Å². The molecular formula is C23H30N2O5S. The van der Waals surface area contributed by atoms with E-state index in [4.69, 9.17) is 9.47 Å². The number of ether oxygens (including phenoxy) is 2. The summed E-state index contributed by atoms with van der Waals surface area (Å²) in [6, 6.07) is 5.98. The van der Waals surface area contributed by atoms with Crippen molar-refractivity contribution in [3.63, 3.8) is 0 Å². The first-order valence-electron chi connectivity index (χ1n) is 10.1. The number of nitrogens with one attached hydrogen (secondary N) is 1. The maximum Gasteiger partial charge on any atom is 0.329 e. The smallest absolute Gasteiger partial charge is 0.329 e. The van der Waals surface area contributed by atoms with Gasteiger partial charge in [0, 0.05) is 29.1 Å². The summed E-state index contributed by atoms with van der Waals surface area (Å²) >= 11 is 1.51. The molecular weight excluding hydrogens is 416 g/mol. The van der Waals surface area contributed by atoms with Crippen LogP contribution in [0.4, 0.5) is 0 Å². The molecule has 8 heteroatoms. The summed E-state index contributed by atoms with van der Waals surface area (Å²) in [4.78, 5) is 41.7. The third-order valence-electron chi connectivity index (χ3n) is 3.88. The number of carbonyl (C=O) groups is 3. The van der Waals surface area contributed by atoms with Crippen molar-refractivity contribution in [1.82, 2.24) is 10.3 Å².